The van der Waals surface area contributed by atoms with Gasteiger partial charge in [-0.05, 0) is 50.3 Å². The highest BCUT2D eigenvalue weighted by Crippen LogP contribution is 2.28. The number of ether oxygens (including phenoxy) is 1. The molecule has 6 nitrogen and oxygen atoms in total. The molecule has 7 heteroatoms. The van der Waals surface area contributed by atoms with Gasteiger partial charge in [0.25, 0.3) is 0 Å². The van der Waals surface area contributed by atoms with E-state index in [1.165, 1.54) is 30.8 Å². The lowest BCUT2D eigenvalue weighted by molar-refractivity contribution is 0.140. The fraction of sp³-hybridized carbons (Fsp3) is 0.750. The van der Waals surface area contributed by atoms with Crippen LogP contribution in [0.2, 0.25) is 0 Å². The van der Waals surface area contributed by atoms with Crippen molar-refractivity contribution in [2.75, 3.05) is 67.1 Å². The Morgan fingerprint density at radius 2 is 2.15 bits per heavy atom. The molecular weight excluding hydrogens is 358 g/mol. The van der Waals surface area contributed by atoms with E-state index in [4.69, 9.17) is 4.74 Å². The molecule has 1 aliphatic rings. The van der Waals surface area contributed by atoms with Crippen LogP contribution in [0.25, 0.3) is 0 Å². The molecule has 0 amide bonds. The van der Waals surface area contributed by atoms with Crippen LogP contribution < -0.4 is 10.6 Å². The SMILES string of the molecule is CN=C(NCCN(C)CCOC)NCC(c1cccs1)N1CCC(C)CC1. The van der Waals surface area contributed by atoms with Crippen molar-refractivity contribution in [3.63, 3.8) is 0 Å². The molecule has 1 atom stereocenters. The first-order chi connectivity index (χ1) is 13.1. The Hall–Kier alpha value is -1.15. The minimum absolute atomic E-state index is 0.417. The average Bonchev–Trinajstić information content (AvgIpc) is 3.20. The highest BCUT2D eigenvalue weighted by molar-refractivity contribution is 7.10. The smallest absolute Gasteiger partial charge is 0.191 e. The molecule has 154 valence electrons. The van der Waals surface area contributed by atoms with Crippen molar-refractivity contribution >= 4 is 17.3 Å². The third-order valence-corrected chi connectivity index (χ3v) is 6.25. The van der Waals surface area contributed by atoms with E-state index in [1.54, 1.807) is 7.11 Å². The quantitative estimate of drug-likeness (QED) is 0.470. The van der Waals surface area contributed by atoms with Gasteiger partial charge in [0, 0.05) is 45.2 Å². The van der Waals surface area contributed by atoms with Gasteiger partial charge in [-0.15, -0.1) is 11.3 Å². The van der Waals surface area contributed by atoms with E-state index in [9.17, 15) is 0 Å². The molecule has 2 N–H and O–H groups in total. The van der Waals surface area contributed by atoms with Crippen molar-refractivity contribution in [2.24, 2.45) is 10.9 Å². The predicted molar refractivity (Wildman–Crippen MR) is 116 cm³/mol. The van der Waals surface area contributed by atoms with Crippen LogP contribution in [-0.2, 0) is 4.74 Å². The lowest BCUT2D eigenvalue weighted by Crippen LogP contribution is -2.46. The summed E-state index contributed by atoms with van der Waals surface area (Å²) in [7, 11) is 5.69. The Morgan fingerprint density at radius 3 is 2.78 bits per heavy atom. The number of guanidine groups is 1. The number of hydrogen-bond donors (Lipinski definition) is 2. The molecule has 0 spiro atoms. The van der Waals surface area contributed by atoms with E-state index in [0.29, 0.717) is 6.04 Å². The van der Waals surface area contributed by atoms with E-state index in [2.05, 4.69) is 56.9 Å². The molecule has 1 aliphatic heterocycles. The van der Waals surface area contributed by atoms with Crippen molar-refractivity contribution in [3.8, 4) is 0 Å². The van der Waals surface area contributed by atoms with Crippen LogP contribution in [-0.4, -0.2) is 82.8 Å². The minimum Gasteiger partial charge on any atom is -0.383 e. The summed E-state index contributed by atoms with van der Waals surface area (Å²) in [5, 5.41) is 9.15. The molecular formula is C20H37N5OS. The van der Waals surface area contributed by atoms with E-state index in [-0.39, 0.29) is 0 Å². The normalized spacial score (nSPS) is 18.0. The Labute approximate surface area is 169 Å². The van der Waals surface area contributed by atoms with Crippen molar-refractivity contribution in [2.45, 2.75) is 25.8 Å². The molecule has 0 saturated carbocycles. The highest BCUT2D eigenvalue weighted by Gasteiger charge is 2.25. The highest BCUT2D eigenvalue weighted by atomic mass is 32.1. The number of rotatable bonds is 10. The Morgan fingerprint density at radius 1 is 1.37 bits per heavy atom. The van der Waals surface area contributed by atoms with Gasteiger partial charge in [-0.3, -0.25) is 9.89 Å². The van der Waals surface area contributed by atoms with Crippen LogP contribution in [0.4, 0.5) is 0 Å². The van der Waals surface area contributed by atoms with Gasteiger partial charge in [-0.25, -0.2) is 0 Å². The summed E-state index contributed by atoms with van der Waals surface area (Å²) >= 11 is 1.85. The second kappa shape index (κ2) is 12.3. The Kier molecular flexibility index (Phi) is 10.1. The molecule has 1 aromatic heterocycles. The summed E-state index contributed by atoms with van der Waals surface area (Å²) in [5.74, 6) is 1.73. The number of methoxy groups -OCH3 is 1. The van der Waals surface area contributed by atoms with Gasteiger partial charge >= 0.3 is 0 Å². The van der Waals surface area contributed by atoms with Crippen LogP contribution in [0.5, 0.6) is 0 Å². The first-order valence-electron chi connectivity index (χ1n) is 10.0. The topological polar surface area (TPSA) is 52.1 Å². The second-order valence-corrected chi connectivity index (χ2v) is 8.40. The number of likely N-dealkylation sites (N-methyl/N-ethyl adjacent to an activating group) is 1. The summed E-state index contributed by atoms with van der Waals surface area (Å²) in [4.78, 5) is 10.7. The van der Waals surface area contributed by atoms with Crippen molar-refractivity contribution in [3.05, 3.63) is 22.4 Å². The molecule has 1 saturated heterocycles. The number of nitrogens with zero attached hydrogens (tertiary/aromatic N) is 3. The van der Waals surface area contributed by atoms with Crippen molar-refractivity contribution in [1.82, 2.24) is 20.4 Å². The summed E-state index contributed by atoms with van der Waals surface area (Å²) in [5.41, 5.74) is 0. The number of nitrogens with one attached hydrogen (secondary N) is 2. The molecule has 1 aromatic rings. The number of piperidine rings is 1. The van der Waals surface area contributed by atoms with Gasteiger partial charge in [-0.2, -0.15) is 0 Å². The standard InChI is InChI=1S/C20H37N5OS/c1-17-7-10-25(11-8-17)18(19-6-5-15-27-19)16-23-20(21-2)22-9-12-24(3)13-14-26-4/h5-6,15,17-18H,7-14,16H2,1-4H3,(H2,21,22,23). The zero-order valence-corrected chi connectivity index (χ0v) is 18.2. The number of thiophene rings is 1. The van der Waals surface area contributed by atoms with E-state index in [1.807, 2.05) is 18.4 Å². The lowest BCUT2D eigenvalue weighted by Gasteiger charge is -2.36. The van der Waals surface area contributed by atoms with Gasteiger partial charge in [0.1, 0.15) is 0 Å². The van der Waals surface area contributed by atoms with Crippen LogP contribution in [0, 0.1) is 5.92 Å². The maximum Gasteiger partial charge on any atom is 0.191 e. The Bertz CT molecular complexity index is 528. The Balaban J connectivity index is 1.82. The summed E-state index contributed by atoms with van der Waals surface area (Å²) < 4.78 is 5.12. The largest absolute Gasteiger partial charge is 0.383 e. The average molecular weight is 396 g/mol. The van der Waals surface area contributed by atoms with E-state index >= 15 is 0 Å². The summed E-state index contributed by atoms with van der Waals surface area (Å²) in [6.45, 7) is 9.15. The third kappa shape index (κ3) is 7.78. The predicted octanol–water partition coefficient (Wildman–Crippen LogP) is 2.26. The zero-order valence-electron chi connectivity index (χ0n) is 17.4. The van der Waals surface area contributed by atoms with Crippen LogP contribution >= 0.6 is 11.3 Å². The third-order valence-electron chi connectivity index (χ3n) is 5.28. The molecule has 0 radical (unpaired) electrons. The number of likely N-dealkylation sites (tertiary alicyclic amines) is 1. The first kappa shape index (κ1) is 22.1. The van der Waals surface area contributed by atoms with Crippen LogP contribution in [0.1, 0.15) is 30.7 Å². The molecule has 27 heavy (non-hydrogen) atoms. The molecule has 0 aromatic carbocycles. The lowest BCUT2D eigenvalue weighted by atomic mass is 9.97. The fourth-order valence-electron chi connectivity index (χ4n) is 3.37. The van der Waals surface area contributed by atoms with E-state index < -0.39 is 0 Å². The zero-order chi connectivity index (χ0) is 19.5. The van der Waals surface area contributed by atoms with E-state index in [0.717, 1.165) is 44.7 Å². The summed E-state index contributed by atoms with van der Waals surface area (Å²) in [6.07, 6.45) is 2.59. The van der Waals surface area contributed by atoms with Gasteiger partial charge in [0.2, 0.25) is 0 Å². The molecule has 1 fully saturated rings. The summed E-state index contributed by atoms with van der Waals surface area (Å²) in [6, 6.07) is 4.83. The number of hydrogen-bond acceptors (Lipinski definition) is 5. The van der Waals surface area contributed by atoms with Crippen molar-refractivity contribution in [1.29, 1.82) is 0 Å². The fourth-order valence-corrected chi connectivity index (χ4v) is 4.23. The van der Waals surface area contributed by atoms with Crippen molar-refractivity contribution < 1.29 is 4.74 Å². The minimum atomic E-state index is 0.417. The first-order valence-corrected chi connectivity index (χ1v) is 10.9. The van der Waals surface area contributed by atoms with Crippen LogP contribution in [0.3, 0.4) is 0 Å². The maximum atomic E-state index is 5.12. The van der Waals surface area contributed by atoms with Gasteiger partial charge in [0.05, 0.1) is 12.6 Å². The molecule has 0 aliphatic carbocycles. The molecule has 2 rings (SSSR count). The van der Waals surface area contributed by atoms with Gasteiger partial charge < -0.3 is 20.3 Å². The van der Waals surface area contributed by atoms with Crippen LogP contribution in [0.15, 0.2) is 22.5 Å². The maximum absolute atomic E-state index is 5.12. The molecule has 1 unspecified atom stereocenters. The monoisotopic (exact) mass is 395 g/mol. The van der Waals surface area contributed by atoms with Gasteiger partial charge in [0.15, 0.2) is 5.96 Å². The van der Waals surface area contributed by atoms with Gasteiger partial charge in [-0.1, -0.05) is 13.0 Å². The second-order valence-electron chi connectivity index (χ2n) is 7.43. The number of aliphatic imine (C=N–C) groups is 1. The molecule has 2 heterocycles. The molecule has 0 bridgehead atoms.